The molecule has 0 aliphatic rings. The lowest BCUT2D eigenvalue weighted by atomic mass is 10.3. The van der Waals surface area contributed by atoms with Gasteiger partial charge >= 0.3 is 6.03 Å². The summed E-state index contributed by atoms with van der Waals surface area (Å²) in [6.07, 6.45) is 0.820. The summed E-state index contributed by atoms with van der Waals surface area (Å²) < 4.78 is 0. The van der Waals surface area contributed by atoms with Crippen molar-refractivity contribution in [3.05, 3.63) is 30.3 Å². The van der Waals surface area contributed by atoms with Crippen LogP contribution in [-0.2, 0) is 0 Å². The van der Waals surface area contributed by atoms with Crippen LogP contribution >= 0.6 is 0 Å². The van der Waals surface area contributed by atoms with Crippen LogP contribution < -0.4 is 11.1 Å². The molecule has 2 amide bonds. The van der Waals surface area contributed by atoms with Gasteiger partial charge in [0.25, 0.3) is 0 Å². The third kappa shape index (κ3) is 4.44. The van der Waals surface area contributed by atoms with E-state index in [4.69, 9.17) is 5.73 Å². The van der Waals surface area contributed by atoms with Crippen LogP contribution in [0.4, 0.5) is 10.5 Å². The molecule has 0 aliphatic heterocycles. The molecule has 94 valence electrons. The zero-order valence-corrected chi connectivity index (χ0v) is 10.5. The van der Waals surface area contributed by atoms with Crippen LogP contribution in [0, 0.1) is 0 Å². The summed E-state index contributed by atoms with van der Waals surface area (Å²) in [5, 5.41) is 2.88. The number of carbonyl (C=O) groups excluding carboxylic acids is 1. The first-order valence-corrected chi connectivity index (χ1v) is 5.98. The van der Waals surface area contributed by atoms with Crippen molar-refractivity contribution in [2.45, 2.75) is 26.3 Å². The minimum Gasteiger partial charge on any atom is -0.330 e. The molecule has 4 heteroatoms. The fraction of sp³-hybridized carbons (Fsp3) is 0.462. The Bertz CT molecular complexity index is 338. The molecule has 1 aromatic carbocycles. The van der Waals surface area contributed by atoms with Crippen LogP contribution in [0.1, 0.15) is 20.3 Å². The molecule has 0 bridgehead atoms. The molecule has 0 radical (unpaired) electrons. The molecule has 3 N–H and O–H groups in total. The quantitative estimate of drug-likeness (QED) is 0.822. The zero-order chi connectivity index (χ0) is 12.7. The van der Waals surface area contributed by atoms with Crippen molar-refractivity contribution >= 4 is 11.7 Å². The van der Waals surface area contributed by atoms with Crippen molar-refractivity contribution in [3.63, 3.8) is 0 Å². The van der Waals surface area contributed by atoms with E-state index in [-0.39, 0.29) is 12.1 Å². The van der Waals surface area contributed by atoms with Crippen molar-refractivity contribution < 1.29 is 4.79 Å². The normalized spacial score (nSPS) is 10.4. The summed E-state index contributed by atoms with van der Waals surface area (Å²) in [6, 6.07) is 9.57. The van der Waals surface area contributed by atoms with Crippen LogP contribution in [-0.4, -0.2) is 30.1 Å². The third-order valence-corrected chi connectivity index (χ3v) is 2.51. The number of rotatable bonds is 5. The van der Waals surface area contributed by atoms with Gasteiger partial charge < -0.3 is 16.0 Å². The Morgan fingerprint density at radius 3 is 2.53 bits per heavy atom. The van der Waals surface area contributed by atoms with Crippen LogP contribution in [0.25, 0.3) is 0 Å². The molecule has 0 aromatic heterocycles. The Hall–Kier alpha value is -1.55. The highest BCUT2D eigenvalue weighted by Crippen LogP contribution is 2.08. The van der Waals surface area contributed by atoms with E-state index in [1.54, 1.807) is 4.90 Å². The number of nitrogens with two attached hydrogens (primary N) is 1. The lowest BCUT2D eigenvalue weighted by molar-refractivity contribution is 0.196. The highest BCUT2D eigenvalue weighted by Gasteiger charge is 2.15. The van der Waals surface area contributed by atoms with Gasteiger partial charge in [0, 0.05) is 18.3 Å². The fourth-order valence-corrected chi connectivity index (χ4v) is 1.57. The van der Waals surface area contributed by atoms with Crippen molar-refractivity contribution in [1.82, 2.24) is 4.90 Å². The smallest absolute Gasteiger partial charge is 0.322 e. The minimum atomic E-state index is -0.0698. The summed E-state index contributed by atoms with van der Waals surface area (Å²) in [5.74, 6) is 0. The summed E-state index contributed by atoms with van der Waals surface area (Å²) in [4.78, 5) is 13.8. The molecule has 4 nitrogen and oxygen atoms in total. The summed E-state index contributed by atoms with van der Waals surface area (Å²) in [6.45, 7) is 5.29. The number of nitrogens with zero attached hydrogens (tertiary/aromatic N) is 1. The Kier molecular flexibility index (Phi) is 5.49. The molecule has 0 saturated heterocycles. The first-order valence-electron chi connectivity index (χ1n) is 5.98. The van der Waals surface area contributed by atoms with Gasteiger partial charge in [-0.05, 0) is 38.9 Å². The molecule has 0 aliphatic carbocycles. The molecule has 0 fully saturated rings. The van der Waals surface area contributed by atoms with Crippen LogP contribution in [0.2, 0.25) is 0 Å². The van der Waals surface area contributed by atoms with Gasteiger partial charge in [0.2, 0.25) is 0 Å². The van der Waals surface area contributed by atoms with Crippen molar-refractivity contribution in [3.8, 4) is 0 Å². The van der Waals surface area contributed by atoms with Crippen molar-refractivity contribution in [1.29, 1.82) is 0 Å². The molecule has 0 unspecified atom stereocenters. The van der Waals surface area contributed by atoms with Crippen LogP contribution in [0.15, 0.2) is 30.3 Å². The largest absolute Gasteiger partial charge is 0.330 e. The van der Waals surface area contributed by atoms with Crippen LogP contribution in [0.5, 0.6) is 0 Å². The number of nitrogens with one attached hydrogen (secondary N) is 1. The predicted octanol–water partition coefficient (Wildman–Crippen LogP) is 2.28. The van der Waals surface area contributed by atoms with Gasteiger partial charge in [-0.3, -0.25) is 0 Å². The molecular formula is C13H21N3O. The molecule has 1 rings (SSSR count). The highest BCUT2D eigenvalue weighted by atomic mass is 16.2. The first kappa shape index (κ1) is 13.5. The second-order valence-electron chi connectivity index (χ2n) is 4.23. The molecule has 0 spiro atoms. The number of benzene rings is 1. The molecule has 1 aromatic rings. The van der Waals surface area contributed by atoms with Crippen molar-refractivity contribution in [2.24, 2.45) is 5.73 Å². The van der Waals surface area contributed by atoms with Gasteiger partial charge in [-0.15, -0.1) is 0 Å². The number of carbonyl (C=O) groups is 1. The van der Waals surface area contributed by atoms with E-state index in [1.807, 2.05) is 44.2 Å². The van der Waals surface area contributed by atoms with Gasteiger partial charge in [-0.1, -0.05) is 18.2 Å². The monoisotopic (exact) mass is 235 g/mol. The second kappa shape index (κ2) is 6.91. The van der Waals surface area contributed by atoms with E-state index in [9.17, 15) is 4.79 Å². The molecular weight excluding hydrogens is 214 g/mol. The van der Waals surface area contributed by atoms with Crippen molar-refractivity contribution in [2.75, 3.05) is 18.4 Å². The standard InChI is InChI=1S/C13H21N3O/c1-11(2)16(10-6-9-14)13(17)15-12-7-4-3-5-8-12/h3-5,7-8,11H,6,9-10,14H2,1-2H3,(H,15,17). The number of hydrogen-bond donors (Lipinski definition) is 2. The highest BCUT2D eigenvalue weighted by molar-refractivity contribution is 5.89. The SMILES string of the molecule is CC(C)N(CCCN)C(=O)Nc1ccccc1. The Morgan fingerprint density at radius 1 is 1.35 bits per heavy atom. The maximum absolute atomic E-state index is 12.0. The maximum Gasteiger partial charge on any atom is 0.322 e. The number of para-hydroxylation sites is 1. The maximum atomic E-state index is 12.0. The average molecular weight is 235 g/mol. The van der Waals surface area contributed by atoms with E-state index < -0.39 is 0 Å². The molecule has 0 atom stereocenters. The van der Waals surface area contributed by atoms with E-state index in [1.165, 1.54) is 0 Å². The lowest BCUT2D eigenvalue weighted by Gasteiger charge is -2.26. The number of hydrogen-bond acceptors (Lipinski definition) is 2. The van der Waals surface area contributed by atoms with Gasteiger partial charge in [-0.25, -0.2) is 4.79 Å². The molecule has 0 saturated carbocycles. The fourth-order valence-electron chi connectivity index (χ4n) is 1.57. The Balaban J connectivity index is 2.59. The minimum absolute atomic E-state index is 0.0698. The second-order valence-corrected chi connectivity index (χ2v) is 4.23. The molecule has 0 heterocycles. The summed E-state index contributed by atoms with van der Waals surface area (Å²) in [5.41, 5.74) is 6.29. The van der Waals surface area contributed by atoms with Gasteiger partial charge in [0.15, 0.2) is 0 Å². The first-order chi connectivity index (χ1) is 8.15. The van der Waals surface area contributed by atoms with E-state index in [2.05, 4.69) is 5.32 Å². The summed E-state index contributed by atoms with van der Waals surface area (Å²) in [7, 11) is 0. The van der Waals surface area contributed by atoms with Gasteiger partial charge in [0.05, 0.1) is 0 Å². The number of amides is 2. The zero-order valence-electron chi connectivity index (χ0n) is 10.5. The topological polar surface area (TPSA) is 58.4 Å². The Labute approximate surface area is 103 Å². The predicted molar refractivity (Wildman–Crippen MR) is 71.0 cm³/mol. The van der Waals surface area contributed by atoms with E-state index >= 15 is 0 Å². The van der Waals surface area contributed by atoms with Gasteiger partial charge in [-0.2, -0.15) is 0 Å². The van der Waals surface area contributed by atoms with Crippen LogP contribution in [0.3, 0.4) is 0 Å². The third-order valence-electron chi connectivity index (χ3n) is 2.51. The Morgan fingerprint density at radius 2 is 2.00 bits per heavy atom. The van der Waals surface area contributed by atoms with E-state index in [0.29, 0.717) is 13.1 Å². The average Bonchev–Trinajstić information content (AvgIpc) is 2.30. The van der Waals surface area contributed by atoms with E-state index in [0.717, 1.165) is 12.1 Å². The van der Waals surface area contributed by atoms with Gasteiger partial charge in [0.1, 0.15) is 0 Å². The number of anilines is 1. The lowest BCUT2D eigenvalue weighted by Crippen LogP contribution is -2.41. The molecule has 17 heavy (non-hydrogen) atoms. The summed E-state index contributed by atoms with van der Waals surface area (Å²) >= 11 is 0. The number of urea groups is 1.